The van der Waals surface area contributed by atoms with Crippen LogP contribution in [0.1, 0.15) is 60.1 Å². The zero-order valence-electron chi connectivity index (χ0n) is 18.2. The molecule has 5 nitrogen and oxygen atoms in total. The maximum atomic E-state index is 13.9. The van der Waals surface area contributed by atoms with Crippen LogP contribution in [0.15, 0.2) is 24.3 Å². The van der Waals surface area contributed by atoms with Gasteiger partial charge in [-0.2, -0.15) is 18.3 Å². The van der Waals surface area contributed by atoms with Crippen LogP contribution in [0.2, 0.25) is 0 Å². The Hall–Kier alpha value is -2.42. The highest BCUT2D eigenvalue weighted by atomic mass is 32.1. The molecule has 0 saturated heterocycles. The van der Waals surface area contributed by atoms with Crippen molar-refractivity contribution in [3.63, 3.8) is 0 Å². The summed E-state index contributed by atoms with van der Waals surface area (Å²) >= 11 is 1.42. The highest BCUT2D eigenvalue weighted by Gasteiger charge is 2.48. The number of nitrogens with zero attached hydrogens (tertiary/aromatic N) is 3. The van der Waals surface area contributed by atoms with Crippen molar-refractivity contribution in [2.24, 2.45) is 23.7 Å². The molecule has 0 aromatic carbocycles. The Balaban J connectivity index is 1.33. The molecule has 4 aliphatic carbocycles. The molecule has 9 heteroatoms. The number of carbonyl (C=O) groups is 1. The molecule has 4 bridgehead atoms. The Morgan fingerprint density at radius 1 is 1.12 bits per heavy atom. The second kappa shape index (κ2) is 7.55. The first kappa shape index (κ1) is 21.1. The van der Waals surface area contributed by atoms with Crippen LogP contribution in [0.3, 0.4) is 0 Å². The Labute approximate surface area is 193 Å². The summed E-state index contributed by atoms with van der Waals surface area (Å²) in [6, 6.07) is 6.18. The lowest BCUT2D eigenvalue weighted by Crippen LogP contribution is -2.55. The minimum absolute atomic E-state index is 0.0145. The molecule has 7 rings (SSSR count). The number of hydrogen-bond acceptors (Lipinski definition) is 4. The minimum Gasteiger partial charge on any atom is -0.347 e. The van der Waals surface area contributed by atoms with Gasteiger partial charge in [0.05, 0.1) is 10.6 Å². The van der Waals surface area contributed by atoms with E-state index in [1.165, 1.54) is 23.8 Å². The number of halogens is 3. The summed E-state index contributed by atoms with van der Waals surface area (Å²) in [5.74, 6) is 2.10. The zero-order chi connectivity index (χ0) is 22.9. The van der Waals surface area contributed by atoms with Crippen LogP contribution in [-0.2, 0) is 12.6 Å². The molecule has 4 fully saturated rings. The lowest BCUT2D eigenvalue weighted by atomic mass is 9.54. The maximum absolute atomic E-state index is 13.9. The largest absolute Gasteiger partial charge is 0.433 e. The van der Waals surface area contributed by atoms with Crippen LogP contribution in [0.5, 0.6) is 0 Å². The van der Waals surface area contributed by atoms with Gasteiger partial charge >= 0.3 is 6.18 Å². The van der Waals surface area contributed by atoms with E-state index in [1.54, 1.807) is 6.07 Å². The van der Waals surface area contributed by atoms with Gasteiger partial charge in [-0.3, -0.25) is 4.79 Å². The summed E-state index contributed by atoms with van der Waals surface area (Å²) in [6.07, 6.45) is 2.08. The average molecular weight is 475 g/mol. The lowest BCUT2D eigenvalue weighted by Gasteiger charge is -2.54. The summed E-state index contributed by atoms with van der Waals surface area (Å²) in [5, 5.41) is 7.18. The van der Waals surface area contributed by atoms with Crippen LogP contribution in [-0.4, -0.2) is 26.5 Å². The third-order valence-electron chi connectivity index (χ3n) is 7.74. The molecule has 4 aliphatic rings. The Kier molecular flexibility index (Phi) is 4.83. The van der Waals surface area contributed by atoms with E-state index in [0.717, 1.165) is 59.4 Å². The molecular formula is C24H25F3N4OS. The van der Waals surface area contributed by atoms with E-state index in [4.69, 9.17) is 0 Å². The number of aromatic nitrogens is 3. The zero-order valence-corrected chi connectivity index (χ0v) is 19.0. The van der Waals surface area contributed by atoms with E-state index in [1.807, 2.05) is 13.0 Å². The van der Waals surface area contributed by atoms with E-state index >= 15 is 0 Å². The van der Waals surface area contributed by atoms with Gasteiger partial charge in [0.1, 0.15) is 0 Å². The summed E-state index contributed by atoms with van der Waals surface area (Å²) in [7, 11) is 0. The molecule has 3 aromatic heterocycles. The van der Waals surface area contributed by atoms with Crippen LogP contribution < -0.4 is 5.32 Å². The van der Waals surface area contributed by atoms with Gasteiger partial charge in [-0.1, -0.05) is 6.92 Å². The number of hydrogen-bond donors (Lipinski definition) is 1. The SMILES string of the molecule is CCc1ccc(-c2cc(C(F)(F)F)n3nc(C(=O)NC4C5CC6CC(C5)CC4C6)cc3n2)s1. The Bertz CT molecular complexity index is 1200. The van der Waals surface area contributed by atoms with Crippen LogP contribution in [0.4, 0.5) is 13.2 Å². The first-order chi connectivity index (χ1) is 15.8. The second-order valence-corrected chi connectivity index (χ2v) is 11.0. The number of aryl methyl sites for hydroxylation is 1. The van der Waals surface area contributed by atoms with Crippen LogP contribution in [0, 0.1) is 23.7 Å². The fourth-order valence-corrected chi connectivity index (χ4v) is 7.41. The van der Waals surface area contributed by atoms with Gasteiger partial charge in [0.2, 0.25) is 0 Å². The van der Waals surface area contributed by atoms with Crippen molar-refractivity contribution in [2.45, 2.75) is 57.7 Å². The molecule has 0 radical (unpaired) electrons. The summed E-state index contributed by atoms with van der Waals surface area (Å²) in [6.45, 7) is 2.00. The molecule has 1 amide bonds. The summed E-state index contributed by atoms with van der Waals surface area (Å²) in [5.41, 5.74) is -0.670. The third kappa shape index (κ3) is 3.64. The smallest absolute Gasteiger partial charge is 0.347 e. The molecular weight excluding hydrogens is 449 g/mol. The van der Waals surface area contributed by atoms with Crippen molar-refractivity contribution in [3.05, 3.63) is 40.5 Å². The van der Waals surface area contributed by atoms with Gasteiger partial charge in [0.15, 0.2) is 17.0 Å². The van der Waals surface area contributed by atoms with Gasteiger partial charge in [-0.05, 0) is 80.4 Å². The van der Waals surface area contributed by atoms with Crippen molar-refractivity contribution >= 4 is 22.9 Å². The highest BCUT2D eigenvalue weighted by molar-refractivity contribution is 7.15. The predicted molar refractivity (Wildman–Crippen MR) is 119 cm³/mol. The average Bonchev–Trinajstić information content (AvgIpc) is 3.41. The van der Waals surface area contributed by atoms with Gasteiger partial charge in [0, 0.05) is 17.0 Å². The minimum atomic E-state index is -4.62. The molecule has 0 unspecified atom stereocenters. The molecule has 4 saturated carbocycles. The normalized spacial score (nSPS) is 28.5. The van der Waals surface area contributed by atoms with Crippen molar-refractivity contribution < 1.29 is 18.0 Å². The van der Waals surface area contributed by atoms with Crippen molar-refractivity contribution in [3.8, 4) is 10.6 Å². The van der Waals surface area contributed by atoms with Gasteiger partial charge < -0.3 is 5.32 Å². The van der Waals surface area contributed by atoms with E-state index in [9.17, 15) is 18.0 Å². The molecule has 0 spiro atoms. The van der Waals surface area contributed by atoms with Gasteiger partial charge in [-0.25, -0.2) is 9.50 Å². The first-order valence-corrected chi connectivity index (χ1v) is 12.5. The van der Waals surface area contributed by atoms with Crippen molar-refractivity contribution in [1.82, 2.24) is 19.9 Å². The number of nitrogens with one attached hydrogen (secondary N) is 1. The monoisotopic (exact) mass is 474 g/mol. The summed E-state index contributed by atoms with van der Waals surface area (Å²) < 4.78 is 42.4. The number of amides is 1. The van der Waals surface area contributed by atoms with Crippen LogP contribution >= 0.6 is 11.3 Å². The Morgan fingerprint density at radius 3 is 2.42 bits per heavy atom. The van der Waals surface area contributed by atoms with E-state index in [0.29, 0.717) is 16.7 Å². The molecule has 3 aromatic rings. The van der Waals surface area contributed by atoms with Gasteiger partial charge in [-0.15, -0.1) is 11.3 Å². The van der Waals surface area contributed by atoms with Crippen molar-refractivity contribution in [1.29, 1.82) is 0 Å². The number of thiophene rings is 1. The van der Waals surface area contributed by atoms with E-state index < -0.39 is 17.8 Å². The number of carbonyl (C=O) groups excluding carboxylic acids is 1. The molecule has 33 heavy (non-hydrogen) atoms. The lowest BCUT2D eigenvalue weighted by molar-refractivity contribution is -0.142. The first-order valence-electron chi connectivity index (χ1n) is 11.7. The second-order valence-electron chi connectivity index (χ2n) is 9.87. The van der Waals surface area contributed by atoms with E-state index in [2.05, 4.69) is 15.4 Å². The fourth-order valence-electron chi connectivity index (χ4n) is 6.51. The topological polar surface area (TPSA) is 59.3 Å². The number of fused-ring (bicyclic) bond motifs is 1. The Morgan fingerprint density at radius 2 is 1.82 bits per heavy atom. The highest BCUT2D eigenvalue weighted by Crippen LogP contribution is 2.53. The number of rotatable bonds is 4. The molecule has 3 heterocycles. The molecule has 174 valence electrons. The van der Waals surface area contributed by atoms with Gasteiger partial charge in [0.25, 0.3) is 5.91 Å². The maximum Gasteiger partial charge on any atom is 0.433 e. The standard InChI is InChI=1S/C24H25F3N4OS/c1-2-16-3-4-19(33-16)17-10-20(24(25,26)27)31-21(28-17)11-18(30-31)23(32)29-22-14-6-12-5-13(8-14)9-15(22)7-12/h3-4,10-15,22H,2,5-9H2,1H3,(H,29,32). The summed E-state index contributed by atoms with van der Waals surface area (Å²) in [4.78, 5) is 19.2. The van der Waals surface area contributed by atoms with Crippen molar-refractivity contribution in [2.75, 3.05) is 0 Å². The van der Waals surface area contributed by atoms with Crippen LogP contribution in [0.25, 0.3) is 16.2 Å². The fraction of sp³-hybridized carbons (Fsp3) is 0.542. The molecule has 1 N–H and O–H groups in total. The molecule has 0 atom stereocenters. The molecule has 0 aliphatic heterocycles. The van der Waals surface area contributed by atoms with E-state index in [-0.39, 0.29) is 23.1 Å². The predicted octanol–water partition coefficient (Wildman–Crippen LogP) is 5.59. The third-order valence-corrected chi connectivity index (χ3v) is 8.99. The number of alkyl halides is 3. The quantitative estimate of drug-likeness (QED) is 0.536.